The number of ether oxygens (including phenoxy) is 3. The Morgan fingerprint density at radius 3 is 2.32 bits per heavy atom. The van der Waals surface area contributed by atoms with E-state index >= 15 is 0 Å². The summed E-state index contributed by atoms with van der Waals surface area (Å²) in [5.74, 6) is 1.44. The monoisotopic (exact) mass is 267 g/mol. The molecule has 0 heterocycles. The van der Waals surface area contributed by atoms with Crippen molar-refractivity contribution in [1.29, 1.82) is 0 Å². The first-order valence-electron chi connectivity index (χ1n) is 6.48. The Hall–Kier alpha value is -1.42. The van der Waals surface area contributed by atoms with Gasteiger partial charge in [0.1, 0.15) is 11.5 Å². The zero-order valence-corrected chi connectivity index (χ0v) is 12.7. The van der Waals surface area contributed by atoms with Crippen molar-refractivity contribution < 1.29 is 14.2 Å². The van der Waals surface area contributed by atoms with Crippen LogP contribution in [0.2, 0.25) is 0 Å². The van der Waals surface area contributed by atoms with E-state index in [1.54, 1.807) is 13.2 Å². The number of nitrogen functional groups attached to an aromatic ring is 1. The maximum absolute atomic E-state index is 6.07. The number of methoxy groups -OCH3 is 1. The van der Waals surface area contributed by atoms with Gasteiger partial charge in [-0.2, -0.15) is 0 Å². The summed E-state index contributed by atoms with van der Waals surface area (Å²) in [5, 5.41) is 0. The van der Waals surface area contributed by atoms with Crippen molar-refractivity contribution in [3.8, 4) is 11.5 Å². The lowest BCUT2D eigenvalue weighted by atomic mass is 9.85. The fourth-order valence-electron chi connectivity index (χ4n) is 1.80. The van der Waals surface area contributed by atoms with Gasteiger partial charge in [0, 0.05) is 18.7 Å². The lowest BCUT2D eigenvalue weighted by Gasteiger charge is -2.25. The molecule has 0 aliphatic rings. The van der Waals surface area contributed by atoms with E-state index in [2.05, 4.69) is 20.8 Å². The number of nitrogens with two attached hydrogens (primary N) is 1. The first-order valence-corrected chi connectivity index (χ1v) is 6.48. The van der Waals surface area contributed by atoms with Crippen LogP contribution in [0.3, 0.4) is 0 Å². The Labute approximate surface area is 115 Å². The Bertz CT molecular complexity index is 422. The minimum absolute atomic E-state index is 0.0897. The average molecular weight is 267 g/mol. The molecule has 0 radical (unpaired) electrons. The van der Waals surface area contributed by atoms with Gasteiger partial charge in [-0.1, -0.05) is 20.8 Å². The summed E-state index contributed by atoms with van der Waals surface area (Å²) in [4.78, 5) is 0. The van der Waals surface area contributed by atoms with Crippen molar-refractivity contribution in [3.63, 3.8) is 0 Å². The summed E-state index contributed by atoms with van der Waals surface area (Å²) in [7, 11) is 1.59. The third-order valence-corrected chi connectivity index (χ3v) is 2.59. The maximum atomic E-state index is 6.07. The van der Waals surface area contributed by atoms with Crippen LogP contribution >= 0.6 is 0 Å². The van der Waals surface area contributed by atoms with Crippen molar-refractivity contribution >= 4 is 5.69 Å². The highest BCUT2D eigenvalue weighted by Crippen LogP contribution is 2.39. The van der Waals surface area contributed by atoms with Crippen molar-refractivity contribution in [3.05, 3.63) is 17.7 Å². The molecule has 0 saturated heterocycles. The molecule has 0 unspecified atom stereocenters. The molecule has 0 fully saturated rings. The molecule has 4 nitrogen and oxygen atoms in total. The van der Waals surface area contributed by atoms with Gasteiger partial charge < -0.3 is 19.9 Å². The molecule has 19 heavy (non-hydrogen) atoms. The van der Waals surface area contributed by atoms with Gasteiger partial charge in [-0.25, -0.2) is 0 Å². The van der Waals surface area contributed by atoms with Gasteiger partial charge >= 0.3 is 0 Å². The molecule has 0 aliphatic heterocycles. The highest BCUT2D eigenvalue weighted by molar-refractivity contribution is 5.62. The van der Waals surface area contributed by atoms with Crippen LogP contribution in [0.5, 0.6) is 11.5 Å². The summed E-state index contributed by atoms with van der Waals surface area (Å²) in [6.45, 7) is 10.5. The average Bonchev–Trinajstić information content (AvgIpc) is 2.25. The number of anilines is 1. The fraction of sp³-hybridized carbons (Fsp3) is 0.600. The lowest BCUT2D eigenvalue weighted by molar-refractivity contribution is 0.0503. The molecule has 4 heteroatoms. The standard InChI is InChI=1S/C15H25NO3/c1-10(2)19-11-7-12(15(3,4)5)14(13(16)8-11)18-9-17-6/h7-8,10H,9,16H2,1-6H3. The van der Waals surface area contributed by atoms with E-state index in [0.717, 1.165) is 11.3 Å². The van der Waals surface area contributed by atoms with Crippen molar-refractivity contribution in [2.45, 2.75) is 46.1 Å². The van der Waals surface area contributed by atoms with Crippen molar-refractivity contribution in [1.82, 2.24) is 0 Å². The van der Waals surface area contributed by atoms with Gasteiger partial charge in [0.25, 0.3) is 0 Å². The maximum Gasteiger partial charge on any atom is 0.188 e. The quantitative estimate of drug-likeness (QED) is 0.656. The third kappa shape index (κ3) is 4.31. The molecule has 108 valence electrons. The van der Waals surface area contributed by atoms with E-state index in [4.69, 9.17) is 19.9 Å². The number of rotatable bonds is 5. The molecular weight excluding hydrogens is 242 g/mol. The zero-order valence-electron chi connectivity index (χ0n) is 12.7. The van der Waals surface area contributed by atoms with Crippen LogP contribution in [0, 0.1) is 0 Å². The van der Waals surface area contributed by atoms with Crippen LogP contribution in [-0.4, -0.2) is 20.0 Å². The van der Waals surface area contributed by atoms with Gasteiger partial charge in [-0.05, 0) is 25.3 Å². The zero-order chi connectivity index (χ0) is 14.6. The molecule has 2 N–H and O–H groups in total. The predicted octanol–water partition coefficient (Wildman–Crippen LogP) is 3.34. The molecule has 0 spiro atoms. The van der Waals surface area contributed by atoms with Crippen LogP contribution in [0.15, 0.2) is 12.1 Å². The van der Waals surface area contributed by atoms with Gasteiger partial charge in [-0.3, -0.25) is 0 Å². The number of hydrogen-bond acceptors (Lipinski definition) is 4. The SMILES string of the molecule is COCOc1c(N)cc(OC(C)C)cc1C(C)(C)C. The molecule has 1 aromatic rings. The highest BCUT2D eigenvalue weighted by atomic mass is 16.7. The van der Waals surface area contributed by atoms with Gasteiger partial charge in [0.15, 0.2) is 6.79 Å². The van der Waals surface area contributed by atoms with Crippen LogP contribution in [0.4, 0.5) is 5.69 Å². The number of benzene rings is 1. The van der Waals surface area contributed by atoms with Crippen LogP contribution in [0.1, 0.15) is 40.2 Å². The Morgan fingerprint density at radius 1 is 1.21 bits per heavy atom. The van der Waals surface area contributed by atoms with Crippen LogP contribution in [-0.2, 0) is 10.2 Å². The molecule has 0 atom stereocenters. The highest BCUT2D eigenvalue weighted by Gasteiger charge is 2.22. The summed E-state index contributed by atoms with van der Waals surface area (Å²) < 4.78 is 16.3. The van der Waals surface area contributed by atoms with Crippen molar-refractivity contribution in [2.24, 2.45) is 0 Å². The number of hydrogen-bond donors (Lipinski definition) is 1. The second kappa shape index (κ2) is 6.15. The molecular formula is C15H25NO3. The fourth-order valence-corrected chi connectivity index (χ4v) is 1.80. The summed E-state index contributed by atoms with van der Waals surface area (Å²) >= 11 is 0. The molecule has 0 saturated carbocycles. The second-order valence-electron chi connectivity index (χ2n) is 5.86. The van der Waals surface area contributed by atoms with Crippen LogP contribution < -0.4 is 15.2 Å². The Morgan fingerprint density at radius 2 is 1.84 bits per heavy atom. The summed E-state index contributed by atoms with van der Waals surface area (Å²) in [6, 6.07) is 3.78. The smallest absolute Gasteiger partial charge is 0.188 e. The minimum atomic E-state index is -0.0897. The molecule has 0 aliphatic carbocycles. The first kappa shape index (κ1) is 15.6. The molecule has 0 amide bonds. The Kier molecular flexibility index (Phi) is 5.06. The first-order chi connectivity index (χ1) is 8.75. The summed E-state index contributed by atoms with van der Waals surface area (Å²) in [5.41, 5.74) is 7.57. The normalized spacial score (nSPS) is 11.7. The van der Waals surface area contributed by atoms with E-state index in [9.17, 15) is 0 Å². The van der Waals surface area contributed by atoms with Gasteiger partial charge in [-0.15, -0.1) is 0 Å². The van der Waals surface area contributed by atoms with E-state index in [-0.39, 0.29) is 18.3 Å². The van der Waals surface area contributed by atoms with E-state index < -0.39 is 0 Å². The lowest BCUT2D eigenvalue weighted by Crippen LogP contribution is -2.16. The molecule has 1 rings (SSSR count). The molecule has 1 aromatic carbocycles. The van der Waals surface area contributed by atoms with Gasteiger partial charge in [0.05, 0.1) is 11.8 Å². The second-order valence-corrected chi connectivity index (χ2v) is 5.86. The largest absolute Gasteiger partial charge is 0.491 e. The molecule has 0 aromatic heterocycles. The van der Waals surface area contributed by atoms with Crippen molar-refractivity contribution in [2.75, 3.05) is 19.6 Å². The van der Waals surface area contributed by atoms with E-state index in [0.29, 0.717) is 11.4 Å². The Balaban J connectivity index is 3.22. The molecule has 0 bridgehead atoms. The van der Waals surface area contributed by atoms with E-state index in [1.165, 1.54) is 0 Å². The van der Waals surface area contributed by atoms with Gasteiger partial charge in [0.2, 0.25) is 0 Å². The predicted molar refractivity (Wildman–Crippen MR) is 77.8 cm³/mol. The van der Waals surface area contributed by atoms with Crippen LogP contribution in [0.25, 0.3) is 0 Å². The topological polar surface area (TPSA) is 53.7 Å². The third-order valence-electron chi connectivity index (χ3n) is 2.59. The van der Waals surface area contributed by atoms with E-state index in [1.807, 2.05) is 19.9 Å². The minimum Gasteiger partial charge on any atom is -0.491 e. The summed E-state index contributed by atoms with van der Waals surface area (Å²) in [6.07, 6.45) is 0.109.